The highest BCUT2D eigenvalue weighted by molar-refractivity contribution is 7.87. The molecule has 0 spiro atoms. The molecule has 0 N–H and O–H groups in total. The summed E-state index contributed by atoms with van der Waals surface area (Å²) in [5, 5.41) is 1.90. The number of nitrogens with zero attached hydrogens (tertiary/aromatic N) is 2. The molecule has 222 valence electrons. The topological polar surface area (TPSA) is 118 Å². The Morgan fingerprint density at radius 1 is 0.884 bits per heavy atom. The van der Waals surface area contributed by atoms with E-state index in [-0.39, 0.29) is 31.8 Å². The second kappa shape index (κ2) is 11.9. The minimum absolute atomic E-state index is 0.0250. The number of hydrazine groups is 1. The summed E-state index contributed by atoms with van der Waals surface area (Å²) in [5.74, 6) is -3.82. The van der Waals surface area contributed by atoms with Crippen molar-refractivity contribution in [1.82, 2.24) is 10.0 Å². The van der Waals surface area contributed by atoms with Crippen molar-refractivity contribution in [3.8, 4) is 5.75 Å². The molecule has 9 nitrogen and oxygen atoms in total. The van der Waals surface area contributed by atoms with E-state index >= 15 is 0 Å². The van der Waals surface area contributed by atoms with E-state index in [1.807, 2.05) is 19.9 Å². The Morgan fingerprint density at radius 3 is 2.16 bits per heavy atom. The number of halogens is 2. The Labute approximate surface area is 258 Å². The molecule has 3 aromatic carbocycles. The zero-order valence-corrected chi connectivity index (χ0v) is 25.4. The Balaban J connectivity index is 1.40. The van der Waals surface area contributed by atoms with Gasteiger partial charge in [-0.05, 0) is 81.3 Å². The maximum atomic E-state index is 13.7. The first kappa shape index (κ1) is 30.5. The number of rotatable bonds is 8. The van der Waals surface area contributed by atoms with Gasteiger partial charge in [-0.25, -0.2) is 5.01 Å². The van der Waals surface area contributed by atoms with E-state index < -0.39 is 52.0 Å². The summed E-state index contributed by atoms with van der Waals surface area (Å²) < 4.78 is 30.5. The molecule has 0 unspecified atom stereocenters. The molecule has 2 atom stereocenters. The van der Waals surface area contributed by atoms with Gasteiger partial charge in [-0.3, -0.25) is 19.2 Å². The molecule has 0 radical (unpaired) electrons. The summed E-state index contributed by atoms with van der Waals surface area (Å²) in [7, 11) is -4.11. The average Bonchev–Trinajstić information content (AvgIpc) is 3.21. The number of ketones is 1. The number of allylic oxidation sites excluding steroid dienone is 2. The summed E-state index contributed by atoms with van der Waals surface area (Å²) >= 11 is 12.1. The highest BCUT2D eigenvalue weighted by Gasteiger charge is 2.51. The summed E-state index contributed by atoms with van der Waals surface area (Å²) in [6, 6.07) is 15.5. The molecule has 3 aromatic rings. The van der Waals surface area contributed by atoms with Gasteiger partial charge in [0.25, 0.3) is 17.7 Å². The third-order valence-corrected chi connectivity index (χ3v) is 9.43. The lowest BCUT2D eigenvalue weighted by Gasteiger charge is -2.30. The number of benzene rings is 3. The number of hydrogen-bond acceptors (Lipinski definition) is 7. The molecule has 0 saturated carbocycles. The normalized spacial score (nSPS) is 18.2. The van der Waals surface area contributed by atoms with Crippen molar-refractivity contribution in [2.75, 3.05) is 6.54 Å². The first-order chi connectivity index (χ1) is 20.4. The van der Waals surface area contributed by atoms with Gasteiger partial charge in [-0.2, -0.15) is 13.4 Å². The fourth-order valence-electron chi connectivity index (χ4n) is 5.07. The minimum Gasteiger partial charge on any atom is -0.379 e. The second-order valence-corrected chi connectivity index (χ2v) is 12.8. The van der Waals surface area contributed by atoms with Crippen molar-refractivity contribution >= 4 is 56.8 Å². The van der Waals surface area contributed by atoms with Crippen LogP contribution in [0.2, 0.25) is 10.0 Å². The van der Waals surface area contributed by atoms with E-state index in [9.17, 15) is 27.6 Å². The minimum atomic E-state index is -4.11. The lowest BCUT2D eigenvalue weighted by Crippen LogP contribution is -2.52. The van der Waals surface area contributed by atoms with Gasteiger partial charge < -0.3 is 4.18 Å². The van der Waals surface area contributed by atoms with Crippen LogP contribution in [-0.2, 0) is 19.7 Å². The van der Waals surface area contributed by atoms with Crippen molar-refractivity contribution in [2.24, 2.45) is 11.8 Å². The third kappa shape index (κ3) is 6.22. The number of aryl methyl sites for hydroxylation is 1. The monoisotopic (exact) mass is 640 g/mol. The van der Waals surface area contributed by atoms with Crippen LogP contribution in [0.5, 0.6) is 5.75 Å². The first-order valence-electron chi connectivity index (χ1n) is 13.3. The van der Waals surface area contributed by atoms with Gasteiger partial charge in [0.15, 0.2) is 5.78 Å². The van der Waals surface area contributed by atoms with Gasteiger partial charge in [0.2, 0.25) is 0 Å². The van der Waals surface area contributed by atoms with Crippen LogP contribution in [0.25, 0.3) is 0 Å². The number of carbonyl (C=O) groups is 4. The molecule has 1 heterocycles. The summed E-state index contributed by atoms with van der Waals surface area (Å²) in [5.41, 5.74) is 1.98. The molecule has 5 rings (SSSR count). The Morgan fingerprint density at radius 2 is 1.51 bits per heavy atom. The van der Waals surface area contributed by atoms with Crippen molar-refractivity contribution < 1.29 is 31.8 Å². The van der Waals surface area contributed by atoms with Crippen molar-refractivity contribution in [2.45, 2.75) is 31.6 Å². The quantitative estimate of drug-likeness (QED) is 0.135. The molecule has 2 aliphatic rings. The first-order valence-corrected chi connectivity index (χ1v) is 15.5. The summed E-state index contributed by atoms with van der Waals surface area (Å²) in [6.07, 6.45) is 2.63. The van der Waals surface area contributed by atoms with Crippen LogP contribution < -0.4 is 4.18 Å². The third-order valence-electron chi connectivity index (χ3n) is 7.43. The van der Waals surface area contributed by atoms with E-state index in [2.05, 4.69) is 0 Å². The van der Waals surface area contributed by atoms with Crippen LogP contribution >= 0.6 is 23.2 Å². The molecule has 12 heteroatoms. The van der Waals surface area contributed by atoms with Gasteiger partial charge in [0.05, 0.1) is 21.9 Å². The fourth-order valence-corrected chi connectivity index (χ4v) is 6.30. The van der Waals surface area contributed by atoms with Crippen molar-refractivity contribution in [3.05, 3.63) is 105 Å². The summed E-state index contributed by atoms with van der Waals surface area (Å²) in [6.45, 7) is 3.05. The van der Waals surface area contributed by atoms with E-state index in [1.54, 1.807) is 12.1 Å². The molecule has 43 heavy (non-hydrogen) atoms. The molecule has 1 fully saturated rings. The predicted molar refractivity (Wildman–Crippen MR) is 159 cm³/mol. The molecule has 0 bridgehead atoms. The van der Waals surface area contributed by atoms with Gasteiger partial charge in [-0.15, -0.1) is 0 Å². The maximum absolute atomic E-state index is 13.7. The number of carbonyl (C=O) groups excluding carboxylic acids is 4. The van der Waals surface area contributed by atoms with Crippen LogP contribution in [-0.4, -0.2) is 48.5 Å². The molecular formula is C31H26Cl2N2O7S. The highest BCUT2D eigenvalue weighted by atomic mass is 35.5. The lowest BCUT2D eigenvalue weighted by molar-refractivity contribution is -0.154. The van der Waals surface area contributed by atoms with Gasteiger partial charge in [0, 0.05) is 11.1 Å². The summed E-state index contributed by atoms with van der Waals surface area (Å²) in [4.78, 5) is 54.0. The lowest BCUT2D eigenvalue weighted by atomic mass is 9.82. The van der Waals surface area contributed by atoms with Crippen LogP contribution in [0.1, 0.15) is 46.0 Å². The van der Waals surface area contributed by atoms with Gasteiger partial charge >= 0.3 is 10.1 Å². The molecule has 1 saturated heterocycles. The van der Waals surface area contributed by atoms with Gasteiger partial charge in [-0.1, -0.05) is 52.5 Å². The Bertz CT molecular complexity index is 1770. The molecule has 1 aliphatic carbocycles. The van der Waals surface area contributed by atoms with Crippen molar-refractivity contribution in [1.29, 1.82) is 0 Å². The SMILES string of the molecule is CC1=CC[C@H]2C(=O)N(N(CC(=O)c3ccc(OS(=O)(=O)c4ccc(C)cc4)cc3)C(=O)c3ccc(Cl)c(Cl)c3)C(=O)[C@H]2C1. The Hall–Kier alpha value is -3.99. The van der Waals surface area contributed by atoms with Crippen LogP contribution in [0.4, 0.5) is 0 Å². The predicted octanol–water partition coefficient (Wildman–Crippen LogP) is 5.65. The zero-order chi connectivity index (χ0) is 31.1. The van der Waals surface area contributed by atoms with Crippen LogP contribution in [0.15, 0.2) is 83.3 Å². The molecule has 0 aromatic heterocycles. The Kier molecular flexibility index (Phi) is 8.47. The standard InChI is InChI=1S/C31H26Cl2N2O7S/c1-18-3-11-23(12-4-18)43(40,41)42-22-9-6-20(7-10-22)28(36)17-34(29(37)21-8-14-26(32)27(33)16-21)35-30(38)24-13-5-19(2)15-25(24)31(35)39/h3-12,14,16,24-25H,13,15,17H2,1-2H3/t24-,25+/m1/s1. The van der Waals surface area contributed by atoms with E-state index in [4.69, 9.17) is 27.4 Å². The number of imide groups is 1. The zero-order valence-electron chi connectivity index (χ0n) is 23.1. The second-order valence-electron chi connectivity index (χ2n) is 10.5. The molecule has 3 amide bonds. The average molecular weight is 642 g/mol. The van der Waals surface area contributed by atoms with Crippen LogP contribution in [0, 0.1) is 18.8 Å². The van der Waals surface area contributed by atoms with E-state index in [1.165, 1.54) is 54.6 Å². The van der Waals surface area contributed by atoms with Crippen LogP contribution in [0.3, 0.4) is 0 Å². The number of Topliss-reactive ketones (excluding diaryl/α,β-unsaturated/α-hetero) is 1. The fraction of sp³-hybridized carbons (Fsp3) is 0.226. The highest BCUT2D eigenvalue weighted by Crippen LogP contribution is 2.39. The van der Waals surface area contributed by atoms with Crippen molar-refractivity contribution in [3.63, 3.8) is 0 Å². The van der Waals surface area contributed by atoms with E-state index in [0.29, 0.717) is 12.8 Å². The largest absolute Gasteiger partial charge is 0.379 e. The number of fused-ring (bicyclic) bond motifs is 1. The smallest absolute Gasteiger partial charge is 0.339 e. The number of hydrogen-bond donors (Lipinski definition) is 0. The molecular weight excluding hydrogens is 615 g/mol. The number of amides is 3. The molecule has 1 aliphatic heterocycles. The maximum Gasteiger partial charge on any atom is 0.339 e. The van der Waals surface area contributed by atoms with Gasteiger partial charge in [0.1, 0.15) is 17.2 Å². The van der Waals surface area contributed by atoms with E-state index in [0.717, 1.165) is 21.2 Å².